The summed E-state index contributed by atoms with van der Waals surface area (Å²) < 4.78 is 13.0. The number of hydrazine groups is 1. The standard InChI is InChI=1S/C19H31FN4/c1-24(14-15-8-10-21-11-9-15)12-2-3-18-13-19(23-22-18)16-4-6-17(20)7-5-16/h4-7,15,18-19,21-23H,2-3,8-14H2,1H3. The maximum Gasteiger partial charge on any atom is 0.123 e. The molecule has 0 saturated carbocycles. The second kappa shape index (κ2) is 8.90. The van der Waals surface area contributed by atoms with Gasteiger partial charge in [0, 0.05) is 18.6 Å². The van der Waals surface area contributed by atoms with Crippen molar-refractivity contribution in [2.24, 2.45) is 5.92 Å². The molecule has 24 heavy (non-hydrogen) atoms. The molecule has 5 heteroatoms. The third kappa shape index (κ3) is 5.24. The fourth-order valence-corrected chi connectivity index (χ4v) is 3.93. The summed E-state index contributed by atoms with van der Waals surface area (Å²) in [4.78, 5) is 2.50. The van der Waals surface area contributed by atoms with Crippen molar-refractivity contribution in [1.29, 1.82) is 0 Å². The minimum Gasteiger partial charge on any atom is -0.317 e. The average molecular weight is 334 g/mol. The fourth-order valence-electron chi connectivity index (χ4n) is 3.93. The number of rotatable bonds is 7. The van der Waals surface area contributed by atoms with Gasteiger partial charge in [-0.2, -0.15) is 0 Å². The summed E-state index contributed by atoms with van der Waals surface area (Å²) in [6, 6.07) is 7.64. The summed E-state index contributed by atoms with van der Waals surface area (Å²) in [5.74, 6) is 0.698. The molecule has 2 aliphatic heterocycles. The molecular weight excluding hydrogens is 303 g/mol. The second-order valence-electron chi connectivity index (χ2n) is 7.42. The van der Waals surface area contributed by atoms with Gasteiger partial charge in [-0.3, -0.25) is 10.9 Å². The average Bonchev–Trinajstić information content (AvgIpc) is 3.05. The molecule has 0 bridgehead atoms. The molecule has 2 atom stereocenters. The van der Waals surface area contributed by atoms with Gasteiger partial charge in [0.05, 0.1) is 0 Å². The number of piperidine rings is 1. The van der Waals surface area contributed by atoms with Gasteiger partial charge >= 0.3 is 0 Å². The molecule has 1 aromatic rings. The summed E-state index contributed by atoms with van der Waals surface area (Å²) in [6.45, 7) is 4.77. The van der Waals surface area contributed by atoms with Crippen LogP contribution in [-0.4, -0.2) is 44.2 Å². The summed E-state index contributed by atoms with van der Waals surface area (Å²) in [7, 11) is 2.25. The van der Waals surface area contributed by atoms with Crippen LogP contribution in [0.5, 0.6) is 0 Å². The molecule has 2 heterocycles. The topological polar surface area (TPSA) is 39.3 Å². The number of hydrogen-bond donors (Lipinski definition) is 3. The molecule has 2 unspecified atom stereocenters. The number of nitrogens with one attached hydrogen (secondary N) is 3. The van der Waals surface area contributed by atoms with Crippen LogP contribution in [-0.2, 0) is 0 Å². The van der Waals surface area contributed by atoms with Crippen molar-refractivity contribution in [3.8, 4) is 0 Å². The summed E-state index contributed by atoms with van der Waals surface area (Å²) in [5.41, 5.74) is 7.92. The first-order valence-electron chi connectivity index (χ1n) is 9.36. The first kappa shape index (κ1) is 17.8. The highest BCUT2D eigenvalue weighted by Gasteiger charge is 2.24. The lowest BCUT2D eigenvalue weighted by molar-refractivity contribution is 0.234. The summed E-state index contributed by atoms with van der Waals surface area (Å²) in [5, 5.41) is 3.43. The Morgan fingerprint density at radius 1 is 1.12 bits per heavy atom. The van der Waals surface area contributed by atoms with Gasteiger partial charge < -0.3 is 10.2 Å². The highest BCUT2D eigenvalue weighted by Crippen LogP contribution is 2.24. The van der Waals surface area contributed by atoms with E-state index in [1.807, 2.05) is 12.1 Å². The van der Waals surface area contributed by atoms with Gasteiger partial charge in [-0.15, -0.1) is 0 Å². The van der Waals surface area contributed by atoms with Crippen molar-refractivity contribution < 1.29 is 4.39 Å². The van der Waals surface area contributed by atoms with E-state index in [9.17, 15) is 4.39 Å². The van der Waals surface area contributed by atoms with Crippen molar-refractivity contribution in [3.05, 3.63) is 35.6 Å². The van der Waals surface area contributed by atoms with E-state index in [4.69, 9.17) is 0 Å². The normalized spacial score (nSPS) is 25.5. The van der Waals surface area contributed by atoms with Gasteiger partial charge in [-0.25, -0.2) is 4.39 Å². The largest absolute Gasteiger partial charge is 0.317 e. The van der Waals surface area contributed by atoms with Crippen molar-refractivity contribution in [2.75, 3.05) is 33.2 Å². The van der Waals surface area contributed by atoms with Crippen LogP contribution in [0.2, 0.25) is 0 Å². The highest BCUT2D eigenvalue weighted by atomic mass is 19.1. The molecule has 134 valence electrons. The zero-order chi connectivity index (χ0) is 16.8. The van der Waals surface area contributed by atoms with Crippen LogP contribution >= 0.6 is 0 Å². The number of halogens is 1. The minimum atomic E-state index is -0.168. The van der Waals surface area contributed by atoms with Crippen LogP contribution in [0.3, 0.4) is 0 Å². The maximum absolute atomic E-state index is 13.0. The van der Waals surface area contributed by atoms with E-state index in [1.165, 1.54) is 51.9 Å². The van der Waals surface area contributed by atoms with Crippen molar-refractivity contribution in [2.45, 2.75) is 44.2 Å². The molecule has 3 rings (SSSR count). The smallest absolute Gasteiger partial charge is 0.123 e. The Kier molecular flexibility index (Phi) is 6.60. The van der Waals surface area contributed by atoms with Crippen molar-refractivity contribution in [1.82, 2.24) is 21.1 Å². The Morgan fingerprint density at radius 2 is 1.88 bits per heavy atom. The van der Waals surface area contributed by atoms with E-state index in [0.29, 0.717) is 12.1 Å². The molecule has 0 radical (unpaired) electrons. The molecule has 4 nitrogen and oxygen atoms in total. The molecule has 2 fully saturated rings. The zero-order valence-electron chi connectivity index (χ0n) is 14.7. The monoisotopic (exact) mass is 334 g/mol. The molecule has 0 aromatic heterocycles. The van der Waals surface area contributed by atoms with Crippen LogP contribution in [0.15, 0.2) is 24.3 Å². The first-order chi connectivity index (χ1) is 11.7. The minimum absolute atomic E-state index is 0.168. The third-order valence-corrected chi connectivity index (χ3v) is 5.38. The van der Waals surface area contributed by atoms with Crippen LogP contribution in [0.4, 0.5) is 4.39 Å². The molecule has 3 N–H and O–H groups in total. The molecular formula is C19H31FN4. The predicted octanol–water partition coefficient (Wildman–Crippen LogP) is 2.44. The highest BCUT2D eigenvalue weighted by molar-refractivity contribution is 5.20. The van der Waals surface area contributed by atoms with Gasteiger partial charge in [0.2, 0.25) is 0 Å². The van der Waals surface area contributed by atoms with Gasteiger partial charge in [-0.05, 0) is 82.4 Å². The summed E-state index contributed by atoms with van der Waals surface area (Å²) >= 11 is 0. The lowest BCUT2D eigenvalue weighted by Crippen LogP contribution is -2.35. The van der Waals surface area contributed by atoms with Crippen molar-refractivity contribution in [3.63, 3.8) is 0 Å². The Labute approximate surface area is 145 Å². The molecule has 1 aromatic carbocycles. The Balaban J connectivity index is 1.33. The first-order valence-corrected chi connectivity index (χ1v) is 9.36. The lowest BCUT2D eigenvalue weighted by Gasteiger charge is -2.27. The zero-order valence-corrected chi connectivity index (χ0v) is 14.7. The van der Waals surface area contributed by atoms with E-state index in [0.717, 1.165) is 17.9 Å². The van der Waals surface area contributed by atoms with Gasteiger partial charge in [0.25, 0.3) is 0 Å². The molecule has 0 aliphatic carbocycles. The van der Waals surface area contributed by atoms with Gasteiger partial charge in [0.15, 0.2) is 0 Å². The van der Waals surface area contributed by atoms with Crippen LogP contribution in [0.1, 0.15) is 43.7 Å². The quantitative estimate of drug-likeness (QED) is 0.716. The van der Waals surface area contributed by atoms with Crippen molar-refractivity contribution >= 4 is 0 Å². The van der Waals surface area contributed by atoms with Crippen LogP contribution in [0, 0.1) is 11.7 Å². The molecule has 2 saturated heterocycles. The summed E-state index contributed by atoms with van der Waals surface area (Å²) in [6.07, 6.45) is 6.11. The maximum atomic E-state index is 13.0. The predicted molar refractivity (Wildman–Crippen MR) is 96.1 cm³/mol. The number of hydrogen-bond acceptors (Lipinski definition) is 4. The van der Waals surface area contributed by atoms with E-state index in [2.05, 4.69) is 28.1 Å². The third-order valence-electron chi connectivity index (χ3n) is 5.38. The van der Waals surface area contributed by atoms with Crippen LogP contribution < -0.4 is 16.2 Å². The molecule has 2 aliphatic rings. The Hall–Kier alpha value is -1.01. The van der Waals surface area contributed by atoms with E-state index < -0.39 is 0 Å². The van der Waals surface area contributed by atoms with Gasteiger partial charge in [0.1, 0.15) is 5.82 Å². The molecule has 0 amide bonds. The van der Waals surface area contributed by atoms with E-state index in [-0.39, 0.29) is 5.82 Å². The van der Waals surface area contributed by atoms with E-state index in [1.54, 1.807) is 12.1 Å². The lowest BCUT2D eigenvalue weighted by atomic mass is 9.97. The molecule has 0 spiro atoms. The SMILES string of the molecule is CN(CCCC1CC(c2ccc(F)cc2)NN1)CC1CCNCC1. The Bertz CT molecular complexity index is 487. The fraction of sp³-hybridized carbons (Fsp3) is 0.684. The van der Waals surface area contributed by atoms with Crippen LogP contribution in [0.25, 0.3) is 0 Å². The second-order valence-corrected chi connectivity index (χ2v) is 7.42. The van der Waals surface area contributed by atoms with E-state index >= 15 is 0 Å². The number of nitrogens with zero attached hydrogens (tertiary/aromatic N) is 1. The van der Waals surface area contributed by atoms with Gasteiger partial charge in [-0.1, -0.05) is 12.1 Å². The number of benzene rings is 1. The Morgan fingerprint density at radius 3 is 2.62 bits per heavy atom.